The van der Waals surface area contributed by atoms with Crippen molar-refractivity contribution in [1.29, 1.82) is 0 Å². The summed E-state index contributed by atoms with van der Waals surface area (Å²) in [4.78, 5) is 23.0. The van der Waals surface area contributed by atoms with Crippen molar-refractivity contribution in [3.05, 3.63) is 34.9 Å². The molecular weight excluding hydrogens is 266 g/mol. The van der Waals surface area contributed by atoms with Crippen LogP contribution in [0.15, 0.2) is 18.2 Å². The van der Waals surface area contributed by atoms with E-state index in [1.54, 1.807) is 0 Å². The van der Waals surface area contributed by atoms with Gasteiger partial charge < -0.3 is 16.8 Å². The molecule has 0 saturated carbocycles. The molecule has 114 valence electrons. The third-order valence-electron chi connectivity index (χ3n) is 3.92. The van der Waals surface area contributed by atoms with Crippen LogP contribution in [0.25, 0.3) is 0 Å². The highest BCUT2D eigenvalue weighted by Crippen LogP contribution is 2.24. The molecule has 1 aliphatic heterocycles. The van der Waals surface area contributed by atoms with E-state index in [-0.39, 0.29) is 23.8 Å². The van der Waals surface area contributed by atoms with E-state index >= 15 is 0 Å². The summed E-state index contributed by atoms with van der Waals surface area (Å²) in [6.45, 7) is 2.67. The number of fused-ring (bicyclic) bond motifs is 1. The molecule has 5 nitrogen and oxygen atoms in total. The summed E-state index contributed by atoms with van der Waals surface area (Å²) in [5.74, 6) is -0.206. The fourth-order valence-corrected chi connectivity index (χ4v) is 2.83. The number of carbonyl (C=O) groups is 2. The second-order valence-corrected chi connectivity index (χ2v) is 5.89. The Hall–Kier alpha value is -1.88. The van der Waals surface area contributed by atoms with Crippen LogP contribution in [-0.4, -0.2) is 18.4 Å². The highest BCUT2D eigenvalue weighted by atomic mass is 16.2. The van der Waals surface area contributed by atoms with Gasteiger partial charge in [0.25, 0.3) is 5.91 Å². The van der Waals surface area contributed by atoms with Crippen molar-refractivity contribution in [3.8, 4) is 0 Å². The van der Waals surface area contributed by atoms with Crippen LogP contribution in [-0.2, 0) is 11.2 Å². The first kappa shape index (κ1) is 15.5. The molecule has 1 aromatic rings. The zero-order valence-electron chi connectivity index (χ0n) is 12.4. The molecule has 21 heavy (non-hydrogen) atoms. The van der Waals surface area contributed by atoms with Crippen LogP contribution in [0.4, 0.5) is 0 Å². The minimum atomic E-state index is -0.309. The van der Waals surface area contributed by atoms with Gasteiger partial charge in [-0.3, -0.25) is 9.59 Å². The normalized spacial score (nSPS) is 17.3. The lowest BCUT2D eigenvalue weighted by Gasteiger charge is -2.18. The predicted molar refractivity (Wildman–Crippen MR) is 81.6 cm³/mol. The fraction of sp³-hybridized carbons (Fsp3) is 0.500. The average molecular weight is 289 g/mol. The van der Waals surface area contributed by atoms with Gasteiger partial charge in [-0.1, -0.05) is 19.1 Å². The first-order chi connectivity index (χ1) is 9.97. The number of rotatable bonds is 5. The van der Waals surface area contributed by atoms with Crippen LogP contribution in [0.1, 0.15) is 53.7 Å². The number of aryl methyl sites for hydroxylation is 1. The van der Waals surface area contributed by atoms with E-state index in [0.29, 0.717) is 19.4 Å². The molecule has 0 radical (unpaired) electrons. The Kier molecular flexibility index (Phi) is 4.96. The molecule has 2 amide bonds. The Morgan fingerprint density at radius 2 is 2.19 bits per heavy atom. The molecule has 0 bridgehead atoms. The lowest BCUT2D eigenvalue weighted by molar-refractivity contribution is -0.118. The second kappa shape index (κ2) is 6.72. The molecule has 0 spiro atoms. The van der Waals surface area contributed by atoms with Crippen LogP contribution in [0, 0.1) is 5.92 Å². The Morgan fingerprint density at radius 1 is 1.43 bits per heavy atom. The van der Waals surface area contributed by atoms with Crippen molar-refractivity contribution in [2.45, 2.75) is 38.6 Å². The van der Waals surface area contributed by atoms with Crippen molar-refractivity contribution in [1.82, 2.24) is 5.32 Å². The lowest BCUT2D eigenvalue weighted by atomic mass is 9.91. The highest BCUT2D eigenvalue weighted by Gasteiger charge is 2.18. The molecule has 1 aromatic carbocycles. The number of amides is 2. The van der Waals surface area contributed by atoms with Gasteiger partial charge in [-0.2, -0.15) is 0 Å². The number of carbonyl (C=O) groups excluding carboxylic acids is 2. The van der Waals surface area contributed by atoms with Crippen molar-refractivity contribution in [3.63, 3.8) is 0 Å². The van der Waals surface area contributed by atoms with Gasteiger partial charge in [0.2, 0.25) is 5.91 Å². The van der Waals surface area contributed by atoms with Crippen LogP contribution >= 0.6 is 0 Å². The van der Waals surface area contributed by atoms with Crippen molar-refractivity contribution < 1.29 is 9.59 Å². The van der Waals surface area contributed by atoms with Crippen molar-refractivity contribution in [2.75, 3.05) is 6.54 Å². The number of nitrogens with two attached hydrogens (primary N) is 2. The van der Waals surface area contributed by atoms with E-state index in [1.807, 2.05) is 25.1 Å². The molecule has 5 heteroatoms. The van der Waals surface area contributed by atoms with E-state index in [9.17, 15) is 9.59 Å². The van der Waals surface area contributed by atoms with Crippen LogP contribution < -0.4 is 16.8 Å². The molecule has 0 aromatic heterocycles. The van der Waals surface area contributed by atoms with Gasteiger partial charge in [0, 0.05) is 24.6 Å². The highest BCUT2D eigenvalue weighted by molar-refractivity contribution is 5.96. The summed E-state index contributed by atoms with van der Waals surface area (Å²) in [6, 6.07) is 5.67. The maximum absolute atomic E-state index is 12.0. The molecule has 0 fully saturated rings. The van der Waals surface area contributed by atoms with E-state index < -0.39 is 0 Å². The lowest BCUT2D eigenvalue weighted by Crippen LogP contribution is -2.23. The molecule has 1 aliphatic rings. The predicted octanol–water partition coefficient (Wildman–Crippen LogP) is 1.26. The molecule has 2 atom stereocenters. The minimum absolute atomic E-state index is 0.0262. The Balaban J connectivity index is 2.13. The fourth-order valence-electron chi connectivity index (χ4n) is 2.83. The number of primary amides is 1. The van der Waals surface area contributed by atoms with Crippen LogP contribution in [0.5, 0.6) is 0 Å². The zero-order valence-corrected chi connectivity index (χ0v) is 12.4. The van der Waals surface area contributed by atoms with E-state index in [0.717, 1.165) is 29.5 Å². The number of benzene rings is 1. The summed E-state index contributed by atoms with van der Waals surface area (Å²) in [5, 5.41) is 2.89. The van der Waals surface area contributed by atoms with Crippen molar-refractivity contribution >= 4 is 11.8 Å². The first-order valence-corrected chi connectivity index (χ1v) is 7.42. The summed E-state index contributed by atoms with van der Waals surface area (Å²) >= 11 is 0. The number of hydrogen-bond donors (Lipinski definition) is 3. The van der Waals surface area contributed by atoms with Gasteiger partial charge in [0.15, 0.2) is 0 Å². The standard InChI is InChI=1S/C16H23N3O2/c1-10(8-15(18)20)7-14(17)12-5-4-11-3-2-6-19-16(21)13(11)9-12/h4-5,9-10,14H,2-3,6-8,17H2,1H3,(H2,18,20)(H,19,21). The molecule has 5 N–H and O–H groups in total. The van der Waals surface area contributed by atoms with E-state index in [2.05, 4.69) is 5.32 Å². The maximum atomic E-state index is 12.0. The Labute approximate surface area is 125 Å². The molecule has 0 saturated heterocycles. The zero-order chi connectivity index (χ0) is 15.4. The molecular formula is C16H23N3O2. The quantitative estimate of drug-likeness (QED) is 0.761. The number of nitrogens with one attached hydrogen (secondary N) is 1. The smallest absolute Gasteiger partial charge is 0.251 e. The minimum Gasteiger partial charge on any atom is -0.370 e. The van der Waals surface area contributed by atoms with Gasteiger partial charge in [-0.25, -0.2) is 0 Å². The van der Waals surface area contributed by atoms with E-state index in [4.69, 9.17) is 11.5 Å². The Bertz CT molecular complexity index is 542. The summed E-state index contributed by atoms with van der Waals surface area (Å²) in [6.07, 6.45) is 2.87. The monoisotopic (exact) mass is 289 g/mol. The van der Waals surface area contributed by atoms with Gasteiger partial charge in [0.05, 0.1) is 0 Å². The van der Waals surface area contributed by atoms with Crippen molar-refractivity contribution in [2.24, 2.45) is 17.4 Å². The SMILES string of the molecule is CC(CC(N)=O)CC(N)c1ccc2c(c1)C(=O)NCCC2. The van der Waals surface area contributed by atoms with E-state index in [1.165, 1.54) is 0 Å². The maximum Gasteiger partial charge on any atom is 0.251 e. The average Bonchev–Trinajstić information content (AvgIpc) is 2.59. The molecule has 2 unspecified atom stereocenters. The second-order valence-electron chi connectivity index (χ2n) is 5.89. The summed E-state index contributed by atoms with van der Waals surface area (Å²) in [7, 11) is 0. The van der Waals surface area contributed by atoms with Gasteiger partial charge in [-0.15, -0.1) is 0 Å². The summed E-state index contributed by atoms with van der Waals surface area (Å²) in [5.41, 5.74) is 14.1. The molecule has 2 rings (SSSR count). The molecule has 1 heterocycles. The summed E-state index contributed by atoms with van der Waals surface area (Å²) < 4.78 is 0. The topological polar surface area (TPSA) is 98.2 Å². The Morgan fingerprint density at radius 3 is 2.90 bits per heavy atom. The van der Waals surface area contributed by atoms with Gasteiger partial charge >= 0.3 is 0 Å². The van der Waals surface area contributed by atoms with Crippen LogP contribution in [0.2, 0.25) is 0 Å². The third kappa shape index (κ3) is 4.04. The van der Waals surface area contributed by atoms with Gasteiger partial charge in [-0.05, 0) is 42.4 Å². The largest absolute Gasteiger partial charge is 0.370 e. The molecule has 0 aliphatic carbocycles. The third-order valence-corrected chi connectivity index (χ3v) is 3.92. The van der Waals surface area contributed by atoms with Crippen LogP contribution in [0.3, 0.4) is 0 Å². The van der Waals surface area contributed by atoms with Gasteiger partial charge in [0.1, 0.15) is 0 Å². The number of hydrogen-bond acceptors (Lipinski definition) is 3. The first-order valence-electron chi connectivity index (χ1n) is 7.42.